The minimum atomic E-state index is 0.544. The maximum atomic E-state index is 5.64. The van der Waals surface area contributed by atoms with Crippen LogP contribution in [0.5, 0.6) is 0 Å². The van der Waals surface area contributed by atoms with Gasteiger partial charge in [-0.3, -0.25) is 0 Å². The number of hydrogen-bond donors (Lipinski definition) is 1. The molecule has 0 saturated carbocycles. The van der Waals surface area contributed by atoms with Crippen LogP contribution in [0, 0.1) is 0 Å². The summed E-state index contributed by atoms with van der Waals surface area (Å²) in [6.07, 6.45) is 8.07. The third-order valence-corrected chi connectivity index (χ3v) is 3.57. The van der Waals surface area contributed by atoms with Crippen molar-refractivity contribution in [2.75, 3.05) is 18.0 Å². The lowest BCUT2D eigenvalue weighted by Crippen LogP contribution is -2.32. The summed E-state index contributed by atoms with van der Waals surface area (Å²) in [5.74, 6) is 0. The summed E-state index contributed by atoms with van der Waals surface area (Å²) < 4.78 is 5.64. The van der Waals surface area contributed by atoms with Gasteiger partial charge in [-0.15, -0.1) is 0 Å². The minimum absolute atomic E-state index is 0.544. The molecule has 1 aromatic heterocycles. The van der Waals surface area contributed by atoms with Crippen LogP contribution in [0.4, 0.5) is 6.01 Å². The predicted octanol–water partition coefficient (Wildman–Crippen LogP) is 2.94. The largest absolute Gasteiger partial charge is 0.432 e. The summed E-state index contributed by atoms with van der Waals surface area (Å²) >= 11 is 0. The van der Waals surface area contributed by atoms with E-state index in [1.165, 1.54) is 25.7 Å². The molecule has 4 nitrogen and oxygen atoms in total. The molecule has 1 unspecified atom stereocenters. The molecule has 102 valence electrons. The van der Waals surface area contributed by atoms with Gasteiger partial charge in [0.15, 0.2) is 0 Å². The molecule has 0 amide bonds. The van der Waals surface area contributed by atoms with E-state index in [2.05, 4.69) is 29.0 Å². The zero-order chi connectivity index (χ0) is 12.8. The van der Waals surface area contributed by atoms with Crippen molar-refractivity contribution in [2.24, 2.45) is 0 Å². The van der Waals surface area contributed by atoms with E-state index in [1.54, 1.807) is 6.26 Å². The Kier molecular flexibility index (Phi) is 5.05. The van der Waals surface area contributed by atoms with Crippen molar-refractivity contribution >= 4 is 6.01 Å². The van der Waals surface area contributed by atoms with Gasteiger partial charge in [-0.1, -0.05) is 19.8 Å². The maximum absolute atomic E-state index is 5.64. The van der Waals surface area contributed by atoms with Crippen molar-refractivity contribution in [2.45, 2.75) is 58.5 Å². The van der Waals surface area contributed by atoms with Gasteiger partial charge in [-0.25, -0.2) is 0 Å². The highest BCUT2D eigenvalue weighted by Crippen LogP contribution is 2.23. The van der Waals surface area contributed by atoms with Gasteiger partial charge in [0.2, 0.25) is 0 Å². The summed E-state index contributed by atoms with van der Waals surface area (Å²) in [5, 5.41) is 3.35. The molecule has 2 heterocycles. The Morgan fingerprint density at radius 1 is 1.44 bits per heavy atom. The number of oxazole rings is 1. The Morgan fingerprint density at radius 3 is 3.17 bits per heavy atom. The summed E-state index contributed by atoms with van der Waals surface area (Å²) in [7, 11) is 0. The molecular formula is C14H25N3O. The van der Waals surface area contributed by atoms with Crippen molar-refractivity contribution in [1.82, 2.24) is 10.3 Å². The lowest BCUT2D eigenvalue weighted by atomic mass is 10.1. The van der Waals surface area contributed by atoms with Gasteiger partial charge in [-0.05, 0) is 32.7 Å². The maximum Gasteiger partial charge on any atom is 0.297 e. The number of aromatic nitrogens is 1. The monoisotopic (exact) mass is 251 g/mol. The first kappa shape index (κ1) is 13.4. The van der Waals surface area contributed by atoms with Crippen molar-refractivity contribution in [3.05, 3.63) is 12.0 Å². The standard InChI is InChI=1S/C14H25N3O/c1-3-8-15-10-13-11-18-14(16-13)17-9-6-4-5-7-12(17)2/h11-12,15H,3-10H2,1-2H3. The van der Waals surface area contributed by atoms with E-state index in [0.29, 0.717) is 6.04 Å². The fraction of sp³-hybridized carbons (Fsp3) is 0.786. The van der Waals surface area contributed by atoms with Gasteiger partial charge in [0.05, 0.1) is 5.69 Å². The molecule has 1 fully saturated rings. The van der Waals surface area contributed by atoms with Gasteiger partial charge < -0.3 is 14.6 Å². The van der Waals surface area contributed by atoms with Crippen LogP contribution in [-0.2, 0) is 6.54 Å². The second-order valence-electron chi connectivity index (χ2n) is 5.19. The van der Waals surface area contributed by atoms with E-state index in [1.807, 2.05) is 0 Å². The zero-order valence-corrected chi connectivity index (χ0v) is 11.6. The second-order valence-corrected chi connectivity index (χ2v) is 5.19. The van der Waals surface area contributed by atoms with Crippen molar-refractivity contribution in [3.8, 4) is 0 Å². The summed E-state index contributed by atoms with van der Waals surface area (Å²) in [4.78, 5) is 6.91. The van der Waals surface area contributed by atoms with Crippen LogP contribution >= 0.6 is 0 Å². The van der Waals surface area contributed by atoms with Gasteiger partial charge in [0, 0.05) is 19.1 Å². The highest BCUT2D eigenvalue weighted by atomic mass is 16.4. The predicted molar refractivity (Wildman–Crippen MR) is 73.8 cm³/mol. The molecule has 4 heteroatoms. The number of nitrogens with zero attached hydrogens (tertiary/aromatic N) is 2. The molecule has 0 aliphatic carbocycles. The summed E-state index contributed by atoms with van der Waals surface area (Å²) in [5.41, 5.74) is 1.01. The van der Waals surface area contributed by atoms with E-state index < -0.39 is 0 Å². The zero-order valence-electron chi connectivity index (χ0n) is 11.6. The van der Waals surface area contributed by atoms with Crippen molar-refractivity contribution in [3.63, 3.8) is 0 Å². The third-order valence-electron chi connectivity index (χ3n) is 3.57. The average Bonchev–Trinajstić information content (AvgIpc) is 2.72. The quantitative estimate of drug-likeness (QED) is 0.817. The highest BCUT2D eigenvalue weighted by Gasteiger charge is 2.21. The molecule has 1 saturated heterocycles. The molecule has 1 aromatic rings. The fourth-order valence-electron chi connectivity index (χ4n) is 2.46. The molecule has 0 radical (unpaired) electrons. The van der Waals surface area contributed by atoms with Crippen molar-refractivity contribution in [1.29, 1.82) is 0 Å². The van der Waals surface area contributed by atoms with Crippen LogP contribution in [0.3, 0.4) is 0 Å². The SMILES string of the molecule is CCCNCc1coc(N2CCCCCC2C)n1. The molecule has 0 aromatic carbocycles. The Hall–Kier alpha value is -1.03. The first-order valence-electron chi connectivity index (χ1n) is 7.23. The number of rotatable bonds is 5. The van der Waals surface area contributed by atoms with E-state index in [9.17, 15) is 0 Å². The normalized spacial score (nSPS) is 21.0. The first-order valence-corrected chi connectivity index (χ1v) is 7.23. The molecule has 1 aliphatic rings. The van der Waals surface area contributed by atoms with Crippen molar-refractivity contribution < 1.29 is 4.42 Å². The molecule has 18 heavy (non-hydrogen) atoms. The molecule has 0 spiro atoms. The third kappa shape index (κ3) is 3.48. The molecule has 1 aliphatic heterocycles. The van der Waals surface area contributed by atoms with Gasteiger partial charge in [-0.2, -0.15) is 4.98 Å². The summed E-state index contributed by atoms with van der Waals surface area (Å²) in [6, 6.07) is 1.35. The van der Waals surface area contributed by atoms with E-state index in [4.69, 9.17) is 4.42 Å². The minimum Gasteiger partial charge on any atom is -0.432 e. The molecule has 1 N–H and O–H groups in total. The van der Waals surface area contributed by atoms with E-state index in [-0.39, 0.29) is 0 Å². The topological polar surface area (TPSA) is 41.3 Å². The number of anilines is 1. The van der Waals surface area contributed by atoms with Gasteiger partial charge >= 0.3 is 0 Å². The molecule has 2 rings (SSSR count). The van der Waals surface area contributed by atoms with Crippen LogP contribution in [0.25, 0.3) is 0 Å². The molecule has 0 bridgehead atoms. The Bertz CT molecular complexity index is 351. The van der Waals surface area contributed by atoms with Crippen LogP contribution < -0.4 is 10.2 Å². The Balaban J connectivity index is 1.95. The first-order chi connectivity index (χ1) is 8.81. The number of hydrogen-bond acceptors (Lipinski definition) is 4. The van der Waals surface area contributed by atoms with Crippen LogP contribution in [0.1, 0.15) is 51.6 Å². The number of nitrogens with one attached hydrogen (secondary N) is 1. The van der Waals surface area contributed by atoms with Crippen LogP contribution in [-0.4, -0.2) is 24.1 Å². The lowest BCUT2D eigenvalue weighted by Gasteiger charge is -2.24. The highest BCUT2D eigenvalue weighted by molar-refractivity contribution is 5.29. The average molecular weight is 251 g/mol. The smallest absolute Gasteiger partial charge is 0.297 e. The second kappa shape index (κ2) is 6.78. The summed E-state index contributed by atoms with van der Waals surface area (Å²) in [6.45, 7) is 7.34. The van der Waals surface area contributed by atoms with Gasteiger partial charge in [0.25, 0.3) is 6.01 Å². The Morgan fingerprint density at radius 2 is 2.33 bits per heavy atom. The van der Waals surface area contributed by atoms with E-state index >= 15 is 0 Å². The molecular weight excluding hydrogens is 226 g/mol. The molecule has 1 atom stereocenters. The lowest BCUT2D eigenvalue weighted by molar-refractivity contribution is 0.501. The van der Waals surface area contributed by atoms with Crippen LogP contribution in [0.2, 0.25) is 0 Å². The van der Waals surface area contributed by atoms with Gasteiger partial charge in [0.1, 0.15) is 6.26 Å². The van der Waals surface area contributed by atoms with E-state index in [0.717, 1.165) is 37.8 Å². The fourth-order valence-corrected chi connectivity index (χ4v) is 2.46. The Labute approximate surface area is 110 Å². The van der Waals surface area contributed by atoms with Crippen LogP contribution in [0.15, 0.2) is 10.7 Å².